The van der Waals surface area contributed by atoms with Crippen LogP contribution in [0.4, 0.5) is 0 Å². The van der Waals surface area contributed by atoms with Crippen LogP contribution in [-0.2, 0) is 0 Å². The van der Waals surface area contributed by atoms with Crippen molar-refractivity contribution in [2.45, 2.75) is 20.3 Å². The van der Waals surface area contributed by atoms with Crippen molar-refractivity contribution in [2.75, 3.05) is 0 Å². The summed E-state index contributed by atoms with van der Waals surface area (Å²) in [5, 5.41) is 0. The Balaban J connectivity index is 2.86. The third-order valence-electron chi connectivity index (χ3n) is 2.59. The zero-order valence-corrected chi connectivity index (χ0v) is 7.38. The Morgan fingerprint density at radius 1 is 1.55 bits per heavy atom. The summed E-state index contributed by atoms with van der Waals surface area (Å²) in [5.74, 6) is 0.630. The van der Waals surface area contributed by atoms with Crippen molar-refractivity contribution in [1.82, 2.24) is 0 Å². The van der Waals surface area contributed by atoms with E-state index in [2.05, 4.69) is 44.7 Å². The minimum absolute atomic E-state index is 0.184. The highest BCUT2D eigenvalue weighted by Gasteiger charge is 2.26. The van der Waals surface area contributed by atoms with Crippen LogP contribution >= 0.6 is 0 Å². The predicted octanol–water partition coefficient (Wildman–Crippen LogP) is 3.33. The average molecular weight is 148 g/mol. The Morgan fingerprint density at radius 3 is 2.73 bits per heavy atom. The van der Waals surface area contributed by atoms with E-state index in [4.69, 9.17) is 0 Å². The third kappa shape index (κ3) is 1.45. The molecule has 1 rings (SSSR count). The van der Waals surface area contributed by atoms with Crippen LogP contribution in [0.1, 0.15) is 20.3 Å². The standard InChI is InChI=1S/C11H16/c1-4-10-8-6-7-9-11(10,3)5-2/h5-10H,2,4H2,1,3H3. The lowest BCUT2D eigenvalue weighted by Crippen LogP contribution is -2.21. The first kappa shape index (κ1) is 8.32. The van der Waals surface area contributed by atoms with Crippen LogP contribution in [0.3, 0.4) is 0 Å². The number of rotatable bonds is 2. The first-order valence-electron chi connectivity index (χ1n) is 4.22. The van der Waals surface area contributed by atoms with Crippen LogP contribution in [0.5, 0.6) is 0 Å². The molecule has 0 amide bonds. The maximum absolute atomic E-state index is 3.87. The summed E-state index contributed by atoms with van der Waals surface area (Å²) in [6.07, 6.45) is 12.0. The zero-order chi connectivity index (χ0) is 8.32. The van der Waals surface area contributed by atoms with Crippen LogP contribution in [0.25, 0.3) is 0 Å². The smallest absolute Gasteiger partial charge is 0.00958 e. The van der Waals surface area contributed by atoms with E-state index in [0.29, 0.717) is 5.92 Å². The molecule has 1 aliphatic carbocycles. The van der Waals surface area contributed by atoms with Crippen molar-refractivity contribution >= 4 is 0 Å². The molecule has 0 saturated carbocycles. The molecule has 0 fully saturated rings. The maximum atomic E-state index is 3.87. The monoisotopic (exact) mass is 148 g/mol. The lowest BCUT2D eigenvalue weighted by molar-refractivity contribution is 0.379. The molecule has 0 saturated heterocycles. The van der Waals surface area contributed by atoms with Gasteiger partial charge in [-0.05, 0) is 12.3 Å². The minimum Gasteiger partial charge on any atom is -0.102 e. The van der Waals surface area contributed by atoms with Gasteiger partial charge in [0.2, 0.25) is 0 Å². The average Bonchev–Trinajstić information content (AvgIpc) is 2.05. The van der Waals surface area contributed by atoms with Crippen molar-refractivity contribution in [3.63, 3.8) is 0 Å². The fourth-order valence-corrected chi connectivity index (χ4v) is 1.59. The molecule has 0 N–H and O–H groups in total. The van der Waals surface area contributed by atoms with Crippen molar-refractivity contribution in [3.05, 3.63) is 37.0 Å². The summed E-state index contributed by atoms with van der Waals surface area (Å²) in [7, 11) is 0. The molecule has 11 heavy (non-hydrogen) atoms. The molecule has 0 aliphatic heterocycles. The molecular formula is C11H16. The minimum atomic E-state index is 0.184. The van der Waals surface area contributed by atoms with Gasteiger partial charge in [0.15, 0.2) is 0 Å². The summed E-state index contributed by atoms with van der Waals surface area (Å²) in [5.41, 5.74) is 0.184. The third-order valence-corrected chi connectivity index (χ3v) is 2.59. The highest BCUT2D eigenvalue weighted by Crippen LogP contribution is 2.35. The Labute approximate surface area is 69.3 Å². The molecule has 0 heterocycles. The molecule has 0 heteroatoms. The van der Waals surface area contributed by atoms with Crippen molar-refractivity contribution in [1.29, 1.82) is 0 Å². The lowest BCUT2D eigenvalue weighted by atomic mass is 9.73. The molecule has 2 unspecified atom stereocenters. The van der Waals surface area contributed by atoms with E-state index in [-0.39, 0.29) is 5.41 Å². The maximum Gasteiger partial charge on any atom is 0.00958 e. The topological polar surface area (TPSA) is 0 Å². The van der Waals surface area contributed by atoms with Crippen LogP contribution < -0.4 is 0 Å². The molecule has 60 valence electrons. The van der Waals surface area contributed by atoms with Gasteiger partial charge in [-0.15, -0.1) is 6.58 Å². The van der Waals surface area contributed by atoms with Crippen LogP contribution in [-0.4, -0.2) is 0 Å². The molecule has 0 aromatic heterocycles. The van der Waals surface area contributed by atoms with Crippen molar-refractivity contribution in [2.24, 2.45) is 11.3 Å². The van der Waals surface area contributed by atoms with Crippen molar-refractivity contribution in [3.8, 4) is 0 Å². The quantitative estimate of drug-likeness (QED) is 0.527. The highest BCUT2D eigenvalue weighted by molar-refractivity contribution is 5.23. The Kier molecular flexibility index (Phi) is 2.33. The Hall–Kier alpha value is -0.780. The first-order valence-corrected chi connectivity index (χ1v) is 4.22. The first-order chi connectivity index (χ1) is 5.23. The molecule has 1 aliphatic rings. The summed E-state index contributed by atoms with van der Waals surface area (Å²) < 4.78 is 0. The fraction of sp³-hybridized carbons (Fsp3) is 0.455. The molecule has 0 radical (unpaired) electrons. The fourth-order valence-electron chi connectivity index (χ4n) is 1.59. The molecular weight excluding hydrogens is 132 g/mol. The summed E-state index contributed by atoms with van der Waals surface area (Å²) in [6, 6.07) is 0. The summed E-state index contributed by atoms with van der Waals surface area (Å²) in [4.78, 5) is 0. The van der Waals surface area contributed by atoms with Crippen LogP contribution in [0, 0.1) is 11.3 Å². The summed E-state index contributed by atoms with van der Waals surface area (Å²) >= 11 is 0. The summed E-state index contributed by atoms with van der Waals surface area (Å²) in [6.45, 7) is 8.32. The second-order valence-electron chi connectivity index (χ2n) is 3.33. The predicted molar refractivity (Wildman–Crippen MR) is 50.4 cm³/mol. The van der Waals surface area contributed by atoms with E-state index >= 15 is 0 Å². The second kappa shape index (κ2) is 3.08. The van der Waals surface area contributed by atoms with Crippen LogP contribution in [0.2, 0.25) is 0 Å². The molecule has 0 spiro atoms. The van der Waals surface area contributed by atoms with Gasteiger partial charge < -0.3 is 0 Å². The van der Waals surface area contributed by atoms with Crippen molar-refractivity contribution < 1.29 is 0 Å². The largest absolute Gasteiger partial charge is 0.102 e. The van der Waals surface area contributed by atoms with E-state index in [1.807, 2.05) is 6.08 Å². The van der Waals surface area contributed by atoms with E-state index in [0.717, 1.165) is 0 Å². The SMILES string of the molecule is C=CC1(C)C=CC=CC1CC. The molecule has 0 aromatic rings. The van der Waals surface area contributed by atoms with E-state index in [9.17, 15) is 0 Å². The van der Waals surface area contributed by atoms with E-state index in [1.54, 1.807) is 0 Å². The van der Waals surface area contributed by atoms with Gasteiger partial charge in [0.05, 0.1) is 0 Å². The second-order valence-corrected chi connectivity index (χ2v) is 3.33. The van der Waals surface area contributed by atoms with Gasteiger partial charge in [0, 0.05) is 5.41 Å². The number of hydrogen-bond acceptors (Lipinski definition) is 0. The number of allylic oxidation sites excluding steroid dienone is 5. The normalized spacial score (nSPS) is 35.6. The Morgan fingerprint density at radius 2 is 2.27 bits per heavy atom. The van der Waals surface area contributed by atoms with Gasteiger partial charge in [-0.3, -0.25) is 0 Å². The van der Waals surface area contributed by atoms with Gasteiger partial charge in [-0.25, -0.2) is 0 Å². The molecule has 0 nitrogen and oxygen atoms in total. The molecule has 0 aromatic carbocycles. The zero-order valence-electron chi connectivity index (χ0n) is 7.38. The number of hydrogen-bond donors (Lipinski definition) is 0. The van der Waals surface area contributed by atoms with Gasteiger partial charge in [-0.2, -0.15) is 0 Å². The molecule has 2 atom stereocenters. The lowest BCUT2D eigenvalue weighted by Gasteiger charge is -2.31. The highest BCUT2D eigenvalue weighted by atomic mass is 14.3. The van der Waals surface area contributed by atoms with Crippen LogP contribution in [0.15, 0.2) is 37.0 Å². The van der Waals surface area contributed by atoms with E-state index in [1.165, 1.54) is 6.42 Å². The van der Waals surface area contributed by atoms with Gasteiger partial charge in [-0.1, -0.05) is 44.2 Å². The van der Waals surface area contributed by atoms with Gasteiger partial charge >= 0.3 is 0 Å². The Bertz CT molecular complexity index is 198. The van der Waals surface area contributed by atoms with E-state index < -0.39 is 0 Å². The van der Waals surface area contributed by atoms with Gasteiger partial charge in [0.1, 0.15) is 0 Å². The van der Waals surface area contributed by atoms with Gasteiger partial charge in [0.25, 0.3) is 0 Å². The molecule has 0 bridgehead atoms.